The molecule has 1 aromatic heterocycles. The Morgan fingerprint density at radius 1 is 1.03 bits per heavy atom. The molecule has 3 heterocycles. The summed E-state index contributed by atoms with van der Waals surface area (Å²) in [6, 6.07) is 12.8. The van der Waals surface area contributed by atoms with Crippen molar-refractivity contribution in [2.45, 2.75) is 44.6 Å². The summed E-state index contributed by atoms with van der Waals surface area (Å²) in [6.07, 6.45) is 3.37. The number of hydrogen-bond donors (Lipinski definition) is 2. The van der Waals surface area contributed by atoms with Gasteiger partial charge in [0, 0.05) is 48.3 Å². The number of aliphatic hydroxyl groups is 1. The number of benzene rings is 2. The van der Waals surface area contributed by atoms with Crippen LogP contribution < -0.4 is 9.47 Å². The van der Waals surface area contributed by atoms with E-state index in [4.69, 9.17) is 9.47 Å². The highest BCUT2D eigenvalue weighted by Gasteiger charge is 2.28. The number of H-pyrrole nitrogens is 1. The fourth-order valence-corrected chi connectivity index (χ4v) is 5.83. The van der Waals surface area contributed by atoms with Crippen LogP contribution in [-0.2, 0) is 11.2 Å². The summed E-state index contributed by atoms with van der Waals surface area (Å²) in [5.74, 6) is 2.09. The third-order valence-electron chi connectivity index (χ3n) is 7.88. The van der Waals surface area contributed by atoms with E-state index in [0.717, 1.165) is 73.6 Å². The number of ether oxygens (including phenoxy) is 2. The Kier molecular flexibility index (Phi) is 7.21. The zero-order chi connectivity index (χ0) is 25.2. The fourth-order valence-electron chi connectivity index (χ4n) is 5.83. The van der Waals surface area contributed by atoms with Crippen LogP contribution in [0.25, 0.3) is 22.2 Å². The predicted molar refractivity (Wildman–Crippen MR) is 142 cm³/mol. The third kappa shape index (κ3) is 4.82. The van der Waals surface area contributed by atoms with E-state index in [1.165, 1.54) is 16.5 Å². The van der Waals surface area contributed by atoms with E-state index < -0.39 is 0 Å². The maximum Gasteiger partial charge on any atom is 0.236 e. The van der Waals surface area contributed by atoms with Crippen molar-refractivity contribution in [3.63, 3.8) is 0 Å². The first kappa shape index (κ1) is 24.7. The molecule has 2 saturated heterocycles. The quantitative estimate of drug-likeness (QED) is 0.518. The number of aliphatic hydroxyl groups excluding tert-OH is 1. The number of aromatic nitrogens is 1. The molecule has 3 aromatic rings. The molecule has 0 unspecified atom stereocenters. The topological polar surface area (TPSA) is 78.0 Å². The van der Waals surface area contributed by atoms with Gasteiger partial charge in [0.25, 0.3) is 0 Å². The van der Waals surface area contributed by atoms with Crippen molar-refractivity contribution in [1.82, 2.24) is 14.8 Å². The van der Waals surface area contributed by atoms with Crippen molar-refractivity contribution in [2.24, 2.45) is 0 Å². The number of amides is 1. The normalized spacial score (nSPS) is 19.2. The van der Waals surface area contributed by atoms with Gasteiger partial charge in [-0.15, -0.1) is 0 Å². The number of nitrogens with zero attached hydrogens (tertiary/aromatic N) is 2. The van der Waals surface area contributed by atoms with Crippen LogP contribution in [0.2, 0.25) is 0 Å². The number of carbonyl (C=O) groups excluding carboxylic acids is 1. The van der Waals surface area contributed by atoms with Crippen LogP contribution in [0.1, 0.15) is 43.2 Å². The largest absolute Gasteiger partial charge is 0.493 e. The molecule has 2 fully saturated rings. The van der Waals surface area contributed by atoms with Crippen LogP contribution in [0.3, 0.4) is 0 Å². The second-order valence-corrected chi connectivity index (χ2v) is 10.0. The molecule has 7 heteroatoms. The zero-order valence-corrected chi connectivity index (χ0v) is 21.5. The highest BCUT2D eigenvalue weighted by atomic mass is 16.5. The molecule has 7 nitrogen and oxygen atoms in total. The van der Waals surface area contributed by atoms with Crippen molar-refractivity contribution in [3.05, 3.63) is 47.5 Å². The van der Waals surface area contributed by atoms with Gasteiger partial charge in [-0.25, -0.2) is 0 Å². The second-order valence-electron chi connectivity index (χ2n) is 10.0. The minimum Gasteiger partial charge on any atom is -0.493 e. The molecule has 0 aliphatic carbocycles. The Labute approximate surface area is 213 Å². The first-order valence-corrected chi connectivity index (χ1v) is 13.1. The first-order chi connectivity index (χ1) is 17.5. The van der Waals surface area contributed by atoms with E-state index in [1.54, 1.807) is 14.2 Å². The van der Waals surface area contributed by atoms with Gasteiger partial charge in [0.1, 0.15) is 0 Å². The number of fused-ring (bicyclic) bond motifs is 1. The van der Waals surface area contributed by atoms with Gasteiger partial charge >= 0.3 is 0 Å². The molecule has 2 aromatic carbocycles. The minimum atomic E-state index is -0.285. The second kappa shape index (κ2) is 10.5. The average molecular weight is 492 g/mol. The Morgan fingerprint density at radius 3 is 2.47 bits per heavy atom. The SMILES string of the molecule is CCc1c(-c2ccc(OC)c(OC)c2)[nH]c2ccc(C3CCN(C(=O)CN4CC[C@@H](O)C4)CC3)cc12. The number of hydrogen-bond acceptors (Lipinski definition) is 5. The van der Waals surface area contributed by atoms with Crippen molar-refractivity contribution in [2.75, 3.05) is 46.9 Å². The Hall–Kier alpha value is -3.03. The first-order valence-electron chi connectivity index (χ1n) is 13.1. The molecule has 0 radical (unpaired) electrons. The zero-order valence-electron chi connectivity index (χ0n) is 21.5. The molecule has 0 saturated carbocycles. The number of likely N-dealkylation sites (tertiary alicyclic amines) is 2. The van der Waals surface area contributed by atoms with E-state index in [-0.39, 0.29) is 12.0 Å². The maximum atomic E-state index is 12.8. The maximum absolute atomic E-state index is 12.8. The van der Waals surface area contributed by atoms with Gasteiger partial charge in [0.2, 0.25) is 5.91 Å². The lowest BCUT2D eigenvalue weighted by atomic mass is 9.88. The summed E-state index contributed by atoms with van der Waals surface area (Å²) in [5.41, 5.74) is 6.00. The molecule has 192 valence electrons. The Balaban J connectivity index is 1.32. The van der Waals surface area contributed by atoms with E-state index in [9.17, 15) is 9.90 Å². The van der Waals surface area contributed by atoms with E-state index in [2.05, 4.69) is 41.1 Å². The summed E-state index contributed by atoms with van der Waals surface area (Å²) in [4.78, 5) is 20.5. The van der Waals surface area contributed by atoms with E-state index in [1.807, 2.05) is 17.0 Å². The van der Waals surface area contributed by atoms with Crippen LogP contribution in [0.4, 0.5) is 0 Å². The summed E-state index contributed by atoms with van der Waals surface area (Å²) >= 11 is 0. The van der Waals surface area contributed by atoms with Crippen molar-refractivity contribution in [1.29, 1.82) is 0 Å². The molecule has 2 N–H and O–H groups in total. The molecule has 1 amide bonds. The predicted octanol–water partition coefficient (Wildman–Crippen LogP) is 4.19. The van der Waals surface area contributed by atoms with Crippen molar-refractivity contribution < 1.29 is 19.4 Å². The number of piperidine rings is 1. The van der Waals surface area contributed by atoms with Gasteiger partial charge in [0.05, 0.1) is 26.9 Å². The number of β-amino-alcohol motifs (C(OH)–C–C–N with tert-alkyl or cyclic N) is 1. The summed E-state index contributed by atoms with van der Waals surface area (Å²) < 4.78 is 10.9. The van der Waals surface area contributed by atoms with Crippen molar-refractivity contribution >= 4 is 16.8 Å². The van der Waals surface area contributed by atoms with Crippen molar-refractivity contribution in [3.8, 4) is 22.8 Å². The lowest BCUT2D eigenvalue weighted by molar-refractivity contribution is -0.133. The monoisotopic (exact) mass is 491 g/mol. The van der Waals surface area contributed by atoms with Gasteiger partial charge in [-0.3, -0.25) is 9.69 Å². The number of nitrogens with one attached hydrogen (secondary N) is 1. The molecular formula is C29H37N3O4. The molecule has 0 bridgehead atoms. The lowest BCUT2D eigenvalue weighted by Crippen LogP contribution is -2.43. The Morgan fingerprint density at radius 2 is 1.81 bits per heavy atom. The number of aromatic amines is 1. The molecule has 2 aliphatic heterocycles. The lowest BCUT2D eigenvalue weighted by Gasteiger charge is -2.33. The van der Waals surface area contributed by atoms with Gasteiger partial charge < -0.3 is 24.5 Å². The number of methoxy groups -OCH3 is 2. The number of aryl methyl sites for hydroxylation is 1. The summed E-state index contributed by atoms with van der Waals surface area (Å²) in [5, 5.41) is 11.0. The van der Waals surface area contributed by atoms with Gasteiger partial charge in [-0.1, -0.05) is 13.0 Å². The smallest absolute Gasteiger partial charge is 0.236 e. The fraction of sp³-hybridized carbons (Fsp3) is 0.483. The van der Waals surface area contributed by atoms with Crippen LogP contribution in [0, 0.1) is 0 Å². The van der Waals surface area contributed by atoms with Gasteiger partial charge in [-0.2, -0.15) is 0 Å². The van der Waals surface area contributed by atoms with Crippen LogP contribution in [0.5, 0.6) is 11.5 Å². The Bertz CT molecular complexity index is 1230. The van der Waals surface area contributed by atoms with Gasteiger partial charge in [-0.05, 0) is 73.1 Å². The summed E-state index contributed by atoms with van der Waals surface area (Å²) in [7, 11) is 3.31. The molecule has 2 aliphatic rings. The van der Waals surface area contributed by atoms with Crippen LogP contribution >= 0.6 is 0 Å². The summed E-state index contributed by atoms with van der Waals surface area (Å²) in [6.45, 7) is 5.64. The van der Waals surface area contributed by atoms with Crippen LogP contribution in [0.15, 0.2) is 36.4 Å². The number of rotatable bonds is 7. The third-order valence-corrected chi connectivity index (χ3v) is 7.88. The molecule has 0 spiro atoms. The standard InChI is InChI=1S/C29H37N3O4/c1-4-23-24-15-20(19-9-13-32(14-10-19)28(34)18-31-12-11-22(33)17-31)5-7-25(24)30-29(23)21-6-8-26(35-2)27(16-21)36-3/h5-8,15-16,19,22,30,33H,4,9-14,17-18H2,1-3H3/t22-/m1/s1. The molecule has 36 heavy (non-hydrogen) atoms. The highest BCUT2D eigenvalue weighted by Crippen LogP contribution is 2.38. The molecular weight excluding hydrogens is 454 g/mol. The molecule has 5 rings (SSSR count). The highest BCUT2D eigenvalue weighted by molar-refractivity contribution is 5.91. The molecule has 1 atom stereocenters. The number of carbonyl (C=O) groups is 1. The van der Waals surface area contributed by atoms with E-state index in [0.29, 0.717) is 19.0 Å². The average Bonchev–Trinajstić information content (AvgIpc) is 3.50. The van der Waals surface area contributed by atoms with Crippen LogP contribution in [-0.4, -0.2) is 78.8 Å². The minimum absolute atomic E-state index is 0.191. The van der Waals surface area contributed by atoms with Gasteiger partial charge in [0.15, 0.2) is 11.5 Å². The van der Waals surface area contributed by atoms with E-state index >= 15 is 0 Å².